The van der Waals surface area contributed by atoms with E-state index in [0.29, 0.717) is 42.1 Å². The maximum absolute atomic E-state index is 12.0. The molecule has 0 saturated carbocycles. The average molecular weight is 391 g/mol. The Morgan fingerprint density at radius 3 is 2.62 bits per heavy atom. The molecule has 2 amide bonds. The molecule has 0 radical (unpaired) electrons. The van der Waals surface area contributed by atoms with Gasteiger partial charge >= 0.3 is 0 Å². The standard InChI is InChI=1S/C16H20Cl2N2O3S/c1-11(12-2-3-13(17)14(18)8-12)19-15(21)9-24-10-16(22)20-4-6-23-7-5-20/h2-3,8,11H,4-7,9-10H2,1H3,(H,19,21). The molecule has 1 aromatic rings. The predicted octanol–water partition coefficient (Wildman–Crippen LogP) is 2.76. The topological polar surface area (TPSA) is 58.6 Å². The molecule has 1 aromatic carbocycles. The predicted molar refractivity (Wildman–Crippen MR) is 97.7 cm³/mol. The van der Waals surface area contributed by atoms with Crippen molar-refractivity contribution in [3.63, 3.8) is 0 Å². The summed E-state index contributed by atoms with van der Waals surface area (Å²) >= 11 is 13.2. The van der Waals surface area contributed by atoms with E-state index in [1.165, 1.54) is 11.8 Å². The van der Waals surface area contributed by atoms with Gasteiger partial charge in [-0.1, -0.05) is 29.3 Å². The van der Waals surface area contributed by atoms with Crippen LogP contribution in [0.2, 0.25) is 10.0 Å². The molecule has 5 nitrogen and oxygen atoms in total. The highest BCUT2D eigenvalue weighted by atomic mass is 35.5. The molecule has 1 atom stereocenters. The van der Waals surface area contributed by atoms with Gasteiger partial charge in [0.05, 0.1) is 40.8 Å². The van der Waals surface area contributed by atoms with Crippen LogP contribution >= 0.6 is 35.0 Å². The number of morpholine rings is 1. The number of benzene rings is 1. The summed E-state index contributed by atoms with van der Waals surface area (Å²) in [7, 11) is 0. The van der Waals surface area contributed by atoms with Crippen molar-refractivity contribution in [3.05, 3.63) is 33.8 Å². The fourth-order valence-electron chi connectivity index (χ4n) is 2.28. The van der Waals surface area contributed by atoms with Gasteiger partial charge in [0.2, 0.25) is 11.8 Å². The first-order valence-corrected chi connectivity index (χ1v) is 9.56. The van der Waals surface area contributed by atoms with Crippen molar-refractivity contribution < 1.29 is 14.3 Å². The van der Waals surface area contributed by atoms with Crippen molar-refractivity contribution >= 4 is 46.8 Å². The number of rotatable bonds is 6. The second kappa shape index (κ2) is 9.51. The number of amides is 2. The highest BCUT2D eigenvalue weighted by Gasteiger charge is 2.17. The quantitative estimate of drug-likeness (QED) is 0.810. The fourth-order valence-corrected chi connectivity index (χ4v) is 3.32. The SMILES string of the molecule is CC(NC(=O)CSCC(=O)N1CCOCC1)c1ccc(Cl)c(Cl)c1. The molecule has 1 unspecified atom stereocenters. The van der Waals surface area contributed by atoms with Crippen LogP contribution in [0.1, 0.15) is 18.5 Å². The zero-order chi connectivity index (χ0) is 17.5. The molecule has 1 saturated heterocycles. The molecule has 1 fully saturated rings. The van der Waals surface area contributed by atoms with E-state index in [9.17, 15) is 9.59 Å². The molecule has 0 spiro atoms. The monoisotopic (exact) mass is 390 g/mol. The zero-order valence-corrected chi connectivity index (χ0v) is 15.7. The summed E-state index contributed by atoms with van der Waals surface area (Å²) in [4.78, 5) is 25.8. The Balaban J connectivity index is 1.72. The maximum atomic E-state index is 12.0. The van der Waals surface area contributed by atoms with Gasteiger partial charge < -0.3 is 15.0 Å². The first kappa shape index (κ1) is 19.4. The molecule has 1 heterocycles. The Hall–Kier alpha value is -0.950. The lowest BCUT2D eigenvalue weighted by molar-refractivity contribution is -0.132. The van der Waals surface area contributed by atoms with Crippen LogP contribution in [0.25, 0.3) is 0 Å². The van der Waals surface area contributed by atoms with Gasteiger partial charge in [-0.3, -0.25) is 9.59 Å². The van der Waals surface area contributed by atoms with E-state index in [1.807, 2.05) is 13.0 Å². The smallest absolute Gasteiger partial charge is 0.232 e. The number of carbonyl (C=O) groups is 2. The number of halogens is 2. The van der Waals surface area contributed by atoms with Gasteiger partial charge in [0, 0.05) is 13.1 Å². The number of ether oxygens (including phenoxy) is 1. The van der Waals surface area contributed by atoms with E-state index >= 15 is 0 Å². The third-order valence-corrected chi connectivity index (χ3v) is 5.30. The van der Waals surface area contributed by atoms with Gasteiger partial charge in [0.25, 0.3) is 0 Å². The molecule has 1 aliphatic rings. The van der Waals surface area contributed by atoms with Gasteiger partial charge in [0.1, 0.15) is 0 Å². The van der Waals surface area contributed by atoms with E-state index in [1.54, 1.807) is 17.0 Å². The molecular weight excluding hydrogens is 371 g/mol. The van der Waals surface area contributed by atoms with Crippen molar-refractivity contribution in [2.24, 2.45) is 0 Å². The van der Waals surface area contributed by atoms with Crippen LogP contribution in [0.15, 0.2) is 18.2 Å². The fraction of sp³-hybridized carbons (Fsp3) is 0.500. The van der Waals surface area contributed by atoms with Crippen LogP contribution in [0, 0.1) is 0 Å². The lowest BCUT2D eigenvalue weighted by Crippen LogP contribution is -2.41. The number of nitrogens with one attached hydrogen (secondary N) is 1. The van der Waals surface area contributed by atoms with Gasteiger partial charge in [-0.05, 0) is 24.6 Å². The minimum Gasteiger partial charge on any atom is -0.378 e. The van der Waals surface area contributed by atoms with Gasteiger partial charge in [-0.15, -0.1) is 11.8 Å². The van der Waals surface area contributed by atoms with Crippen molar-refractivity contribution in [1.29, 1.82) is 0 Å². The minimum atomic E-state index is -0.178. The van der Waals surface area contributed by atoms with E-state index in [0.717, 1.165) is 5.56 Å². The Kier molecular flexibility index (Phi) is 7.68. The Morgan fingerprint density at radius 1 is 1.25 bits per heavy atom. The Labute approximate surface area is 156 Å². The van der Waals surface area contributed by atoms with Crippen LogP contribution in [0.5, 0.6) is 0 Å². The molecule has 132 valence electrons. The summed E-state index contributed by atoms with van der Waals surface area (Å²) in [5.74, 6) is 0.470. The minimum absolute atomic E-state index is 0.0497. The first-order chi connectivity index (χ1) is 11.5. The largest absolute Gasteiger partial charge is 0.378 e. The normalized spacial score (nSPS) is 15.9. The molecule has 8 heteroatoms. The van der Waals surface area contributed by atoms with Crippen LogP contribution in [0.3, 0.4) is 0 Å². The molecule has 0 aromatic heterocycles. The molecular formula is C16H20Cl2N2O3S. The molecule has 0 aliphatic carbocycles. The number of hydrogen-bond acceptors (Lipinski definition) is 4. The Bertz CT molecular complexity index is 595. The van der Waals surface area contributed by atoms with Crippen molar-refractivity contribution in [1.82, 2.24) is 10.2 Å². The van der Waals surface area contributed by atoms with Crippen molar-refractivity contribution in [2.45, 2.75) is 13.0 Å². The highest BCUT2D eigenvalue weighted by molar-refractivity contribution is 8.00. The number of nitrogens with zero attached hydrogens (tertiary/aromatic N) is 1. The van der Waals surface area contributed by atoms with E-state index < -0.39 is 0 Å². The van der Waals surface area contributed by atoms with Crippen LogP contribution in [-0.4, -0.2) is 54.5 Å². The lowest BCUT2D eigenvalue weighted by atomic mass is 10.1. The summed E-state index contributed by atoms with van der Waals surface area (Å²) in [6, 6.07) is 5.10. The molecule has 0 bridgehead atoms. The van der Waals surface area contributed by atoms with Gasteiger partial charge in [0.15, 0.2) is 0 Å². The van der Waals surface area contributed by atoms with Crippen molar-refractivity contribution in [2.75, 3.05) is 37.8 Å². The second-order valence-corrected chi connectivity index (χ2v) is 7.25. The highest BCUT2D eigenvalue weighted by Crippen LogP contribution is 2.25. The summed E-state index contributed by atoms with van der Waals surface area (Å²) in [6.45, 7) is 4.29. The van der Waals surface area contributed by atoms with E-state index in [2.05, 4.69) is 5.32 Å². The molecule has 2 rings (SSSR count). The van der Waals surface area contributed by atoms with Gasteiger partial charge in [-0.25, -0.2) is 0 Å². The Morgan fingerprint density at radius 2 is 1.96 bits per heavy atom. The van der Waals surface area contributed by atoms with Crippen LogP contribution in [0.4, 0.5) is 0 Å². The summed E-state index contributed by atoms with van der Waals surface area (Å²) in [5, 5.41) is 3.83. The number of hydrogen-bond donors (Lipinski definition) is 1. The summed E-state index contributed by atoms with van der Waals surface area (Å²) in [5.41, 5.74) is 0.882. The summed E-state index contributed by atoms with van der Waals surface area (Å²) < 4.78 is 5.21. The lowest BCUT2D eigenvalue weighted by Gasteiger charge is -2.26. The summed E-state index contributed by atoms with van der Waals surface area (Å²) in [6.07, 6.45) is 0. The van der Waals surface area contributed by atoms with E-state index in [-0.39, 0.29) is 23.6 Å². The molecule has 24 heavy (non-hydrogen) atoms. The third kappa shape index (κ3) is 5.84. The number of thioether (sulfide) groups is 1. The third-order valence-electron chi connectivity index (χ3n) is 3.64. The average Bonchev–Trinajstić information content (AvgIpc) is 2.58. The van der Waals surface area contributed by atoms with Gasteiger partial charge in [-0.2, -0.15) is 0 Å². The van der Waals surface area contributed by atoms with Crippen molar-refractivity contribution in [3.8, 4) is 0 Å². The van der Waals surface area contributed by atoms with Crippen LogP contribution in [-0.2, 0) is 14.3 Å². The molecule has 1 aliphatic heterocycles. The number of carbonyl (C=O) groups excluding carboxylic acids is 2. The molecule has 1 N–H and O–H groups in total. The zero-order valence-electron chi connectivity index (χ0n) is 13.4. The van der Waals surface area contributed by atoms with Crippen LogP contribution < -0.4 is 5.32 Å². The second-order valence-electron chi connectivity index (χ2n) is 5.45. The first-order valence-electron chi connectivity index (χ1n) is 7.65. The van der Waals surface area contributed by atoms with E-state index in [4.69, 9.17) is 27.9 Å². The maximum Gasteiger partial charge on any atom is 0.232 e.